The number of hydrogen-bond donors (Lipinski definition) is 2. The number of carbonyl (C=O) groups is 1. The molecule has 2 aromatic carbocycles. The molecule has 0 aliphatic heterocycles. The van der Waals surface area contributed by atoms with E-state index in [-0.39, 0.29) is 18.1 Å². The summed E-state index contributed by atoms with van der Waals surface area (Å²) in [6.45, 7) is 6.19. The molecule has 0 fully saturated rings. The van der Waals surface area contributed by atoms with Crippen LogP contribution >= 0.6 is 0 Å². The zero-order chi connectivity index (χ0) is 23.8. The minimum absolute atomic E-state index is 0.0199. The summed E-state index contributed by atoms with van der Waals surface area (Å²) in [6, 6.07) is 15.8. The molecule has 0 saturated carbocycles. The monoisotopic (exact) mass is 447 g/mol. The first-order valence-corrected chi connectivity index (χ1v) is 10.5. The summed E-state index contributed by atoms with van der Waals surface area (Å²) in [4.78, 5) is 27.1. The summed E-state index contributed by atoms with van der Waals surface area (Å²) in [7, 11) is 0. The van der Waals surface area contributed by atoms with Gasteiger partial charge in [0.2, 0.25) is 0 Å². The van der Waals surface area contributed by atoms with Gasteiger partial charge in [0.05, 0.1) is 13.2 Å². The molecule has 0 aliphatic rings. The highest BCUT2D eigenvalue weighted by molar-refractivity contribution is 5.92. The maximum Gasteiger partial charge on any atom is 0.266 e. The summed E-state index contributed by atoms with van der Waals surface area (Å²) < 4.78 is 16.8. The molecule has 33 heavy (non-hydrogen) atoms. The number of ether oxygens (including phenoxy) is 3. The molecule has 0 bridgehead atoms. The number of nitrogens with one attached hydrogen (secondary N) is 2. The lowest BCUT2D eigenvalue weighted by molar-refractivity contribution is -0.118. The maximum absolute atomic E-state index is 12.3. The average Bonchev–Trinajstić information content (AvgIpc) is 2.79. The minimum atomic E-state index is -0.447. The van der Waals surface area contributed by atoms with Crippen molar-refractivity contribution in [2.45, 2.75) is 20.8 Å². The molecule has 8 nitrogen and oxygen atoms in total. The Kier molecular flexibility index (Phi) is 7.71. The van der Waals surface area contributed by atoms with Crippen molar-refractivity contribution >= 4 is 11.6 Å². The first kappa shape index (κ1) is 23.4. The number of hydrogen-bond acceptors (Lipinski definition) is 6. The SMILES string of the molecule is CCOc1ccc(NC(=O)COc2ccc(-c3cc(C)[nH]c(=O)c3C#N)cc2OCC)cc1. The second-order valence-corrected chi connectivity index (χ2v) is 7.07. The van der Waals surface area contributed by atoms with Crippen LogP contribution in [0.5, 0.6) is 17.2 Å². The van der Waals surface area contributed by atoms with Crippen molar-refractivity contribution in [1.82, 2.24) is 4.98 Å². The number of aromatic amines is 1. The van der Waals surface area contributed by atoms with Gasteiger partial charge in [-0.25, -0.2) is 0 Å². The molecular formula is C25H25N3O5. The van der Waals surface area contributed by atoms with E-state index in [4.69, 9.17) is 14.2 Å². The van der Waals surface area contributed by atoms with Crippen molar-refractivity contribution in [3.63, 3.8) is 0 Å². The van der Waals surface area contributed by atoms with E-state index in [0.717, 1.165) is 5.75 Å². The Labute approximate surface area is 191 Å². The van der Waals surface area contributed by atoms with Crippen LogP contribution in [0.1, 0.15) is 25.1 Å². The first-order chi connectivity index (χ1) is 15.9. The first-order valence-electron chi connectivity index (χ1n) is 10.5. The fourth-order valence-corrected chi connectivity index (χ4v) is 3.23. The Morgan fingerprint density at radius 2 is 1.73 bits per heavy atom. The second-order valence-electron chi connectivity index (χ2n) is 7.07. The van der Waals surface area contributed by atoms with Crippen molar-refractivity contribution in [1.29, 1.82) is 5.26 Å². The molecule has 170 valence electrons. The summed E-state index contributed by atoms with van der Waals surface area (Å²) >= 11 is 0. The van der Waals surface area contributed by atoms with Crippen LogP contribution in [0.4, 0.5) is 5.69 Å². The fraction of sp³-hybridized carbons (Fsp3) is 0.240. The van der Waals surface area contributed by atoms with Gasteiger partial charge in [-0.2, -0.15) is 5.26 Å². The van der Waals surface area contributed by atoms with E-state index >= 15 is 0 Å². The Balaban J connectivity index is 1.75. The summed E-state index contributed by atoms with van der Waals surface area (Å²) in [5.41, 5.74) is 1.97. The lowest BCUT2D eigenvalue weighted by atomic mass is 10.0. The molecule has 8 heteroatoms. The number of pyridine rings is 1. The molecule has 0 aliphatic carbocycles. The van der Waals surface area contributed by atoms with Gasteiger partial charge in [0.15, 0.2) is 18.1 Å². The zero-order valence-corrected chi connectivity index (χ0v) is 18.7. The van der Waals surface area contributed by atoms with Crippen LogP contribution in [-0.2, 0) is 4.79 Å². The Morgan fingerprint density at radius 3 is 2.39 bits per heavy atom. The topological polar surface area (TPSA) is 113 Å². The largest absolute Gasteiger partial charge is 0.494 e. The minimum Gasteiger partial charge on any atom is -0.494 e. The Hall–Kier alpha value is -4.25. The maximum atomic E-state index is 12.3. The van der Waals surface area contributed by atoms with Gasteiger partial charge in [0, 0.05) is 16.9 Å². The summed E-state index contributed by atoms with van der Waals surface area (Å²) in [5, 5.41) is 12.2. The third kappa shape index (κ3) is 5.92. The van der Waals surface area contributed by atoms with E-state index in [1.165, 1.54) is 0 Å². The number of nitriles is 1. The zero-order valence-electron chi connectivity index (χ0n) is 18.7. The lowest BCUT2D eigenvalue weighted by Crippen LogP contribution is -2.20. The molecule has 0 spiro atoms. The van der Waals surface area contributed by atoms with Crippen molar-refractivity contribution < 1.29 is 19.0 Å². The van der Waals surface area contributed by atoms with Gasteiger partial charge in [-0.3, -0.25) is 9.59 Å². The molecule has 1 amide bonds. The molecule has 0 unspecified atom stereocenters. The molecule has 0 atom stereocenters. The predicted molar refractivity (Wildman–Crippen MR) is 125 cm³/mol. The number of amides is 1. The molecule has 0 saturated heterocycles. The third-order valence-corrected chi connectivity index (χ3v) is 4.64. The van der Waals surface area contributed by atoms with Crippen LogP contribution in [-0.4, -0.2) is 30.7 Å². The highest BCUT2D eigenvalue weighted by atomic mass is 16.5. The molecule has 1 aromatic heterocycles. The standard InChI is InChI=1S/C25H25N3O5/c1-4-31-19-9-7-18(8-10-19)28-24(29)15-33-22-11-6-17(13-23(22)32-5-2)20-12-16(3)27-25(30)21(20)14-26/h6-13H,4-5,15H2,1-3H3,(H,27,30)(H,28,29). The van der Waals surface area contributed by atoms with Gasteiger partial charge in [-0.05, 0) is 68.8 Å². The van der Waals surface area contributed by atoms with Gasteiger partial charge < -0.3 is 24.5 Å². The van der Waals surface area contributed by atoms with Crippen LogP contribution in [0.2, 0.25) is 0 Å². The fourth-order valence-electron chi connectivity index (χ4n) is 3.23. The third-order valence-electron chi connectivity index (χ3n) is 4.64. The highest BCUT2D eigenvalue weighted by Crippen LogP contribution is 2.33. The normalized spacial score (nSPS) is 10.2. The van der Waals surface area contributed by atoms with Gasteiger partial charge in [0.25, 0.3) is 11.5 Å². The molecule has 1 heterocycles. The van der Waals surface area contributed by atoms with Crippen LogP contribution in [0, 0.1) is 18.3 Å². The van der Waals surface area contributed by atoms with E-state index in [9.17, 15) is 14.9 Å². The van der Waals surface area contributed by atoms with Gasteiger partial charge >= 0.3 is 0 Å². The molecular weight excluding hydrogens is 422 g/mol. The molecule has 0 radical (unpaired) electrons. The van der Waals surface area contributed by atoms with E-state index in [1.807, 2.05) is 19.9 Å². The van der Waals surface area contributed by atoms with Crippen molar-refractivity contribution in [3.8, 4) is 34.4 Å². The van der Waals surface area contributed by atoms with Crippen molar-refractivity contribution in [2.24, 2.45) is 0 Å². The quantitative estimate of drug-likeness (QED) is 0.512. The molecule has 3 aromatic rings. The van der Waals surface area contributed by atoms with Crippen LogP contribution in [0.25, 0.3) is 11.1 Å². The molecule has 3 rings (SSSR count). The predicted octanol–water partition coefficient (Wildman–Crippen LogP) is 4.04. The van der Waals surface area contributed by atoms with Gasteiger partial charge in [-0.1, -0.05) is 6.07 Å². The molecule has 2 N–H and O–H groups in total. The summed E-state index contributed by atoms with van der Waals surface area (Å²) in [6.07, 6.45) is 0. The van der Waals surface area contributed by atoms with Gasteiger partial charge in [-0.15, -0.1) is 0 Å². The lowest BCUT2D eigenvalue weighted by Gasteiger charge is -2.14. The summed E-state index contributed by atoms with van der Waals surface area (Å²) in [5.74, 6) is 1.18. The number of carbonyl (C=O) groups excluding carboxylic acids is 1. The van der Waals surface area contributed by atoms with E-state index in [1.54, 1.807) is 55.5 Å². The van der Waals surface area contributed by atoms with Gasteiger partial charge in [0.1, 0.15) is 17.4 Å². The van der Waals surface area contributed by atoms with Crippen molar-refractivity contribution in [2.75, 3.05) is 25.1 Å². The second kappa shape index (κ2) is 10.9. The smallest absolute Gasteiger partial charge is 0.266 e. The van der Waals surface area contributed by atoms with Crippen LogP contribution in [0.15, 0.2) is 53.3 Å². The van der Waals surface area contributed by atoms with E-state index < -0.39 is 5.56 Å². The van der Waals surface area contributed by atoms with E-state index in [2.05, 4.69) is 10.3 Å². The van der Waals surface area contributed by atoms with Crippen LogP contribution in [0.3, 0.4) is 0 Å². The van der Waals surface area contributed by atoms with Crippen molar-refractivity contribution in [3.05, 3.63) is 70.1 Å². The number of H-pyrrole nitrogens is 1. The number of aromatic nitrogens is 1. The van der Waals surface area contributed by atoms with E-state index in [0.29, 0.717) is 47.2 Å². The van der Waals surface area contributed by atoms with Crippen LogP contribution < -0.4 is 25.1 Å². The number of aryl methyl sites for hydroxylation is 1. The average molecular weight is 447 g/mol. The number of nitrogens with zero attached hydrogens (tertiary/aromatic N) is 1. The Morgan fingerprint density at radius 1 is 1.00 bits per heavy atom. The number of anilines is 1. The number of rotatable bonds is 9. The highest BCUT2D eigenvalue weighted by Gasteiger charge is 2.15. The number of benzene rings is 2. The Bertz CT molecular complexity index is 1230.